The van der Waals surface area contributed by atoms with Crippen molar-refractivity contribution < 1.29 is 37.0 Å². The van der Waals surface area contributed by atoms with Crippen molar-refractivity contribution in [2.24, 2.45) is 5.92 Å². The summed E-state index contributed by atoms with van der Waals surface area (Å²) in [5, 5.41) is 18.1. The van der Waals surface area contributed by atoms with Gasteiger partial charge in [0.05, 0.1) is 16.8 Å². The molecule has 1 aliphatic heterocycles. The van der Waals surface area contributed by atoms with E-state index in [1.165, 1.54) is 12.3 Å². The molecule has 1 aromatic heterocycles. The second-order valence-electron chi connectivity index (χ2n) is 9.61. The highest BCUT2D eigenvalue weighted by molar-refractivity contribution is 5.93. The maximum absolute atomic E-state index is 14.0. The highest BCUT2D eigenvalue weighted by Crippen LogP contribution is 2.77. The van der Waals surface area contributed by atoms with Crippen LogP contribution in [-0.2, 0) is 17.4 Å². The number of aromatic hydroxyl groups is 1. The molecule has 2 fully saturated rings. The molecule has 0 saturated heterocycles. The molecule has 4 N–H and O–H groups in total. The first-order valence-electron chi connectivity index (χ1n) is 11.8. The number of fused-ring (bicyclic) bond motifs is 2. The van der Waals surface area contributed by atoms with Crippen LogP contribution in [0.15, 0.2) is 48.7 Å². The monoisotopic (exact) mass is 528 g/mol. The third-order valence-corrected chi connectivity index (χ3v) is 7.23. The highest BCUT2D eigenvalue weighted by atomic mass is 19.4. The number of alkyl halides is 3. The minimum atomic E-state index is -4.68. The van der Waals surface area contributed by atoms with Gasteiger partial charge in [0.25, 0.3) is 0 Å². The van der Waals surface area contributed by atoms with Crippen LogP contribution in [0.1, 0.15) is 35.4 Å². The zero-order valence-electron chi connectivity index (χ0n) is 19.5. The summed E-state index contributed by atoms with van der Waals surface area (Å²) < 4.78 is 59.0. The van der Waals surface area contributed by atoms with Gasteiger partial charge in [-0.25, -0.2) is 14.2 Å². The quantitative estimate of drug-likeness (QED) is 0.336. The molecule has 196 valence electrons. The number of carbonyl (C=O) groups is 2. The van der Waals surface area contributed by atoms with Gasteiger partial charge < -0.3 is 25.8 Å². The van der Waals surface area contributed by atoms with E-state index < -0.39 is 34.8 Å². The number of benzene rings is 2. The van der Waals surface area contributed by atoms with Gasteiger partial charge >= 0.3 is 12.2 Å². The largest absolute Gasteiger partial charge is 0.508 e. The first-order valence-corrected chi connectivity index (χ1v) is 11.8. The van der Waals surface area contributed by atoms with E-state index in [1.807, 2.05) is 0 Å². The van der Waals surface area contributed by atoms with Crippen LogP contribution in [0.3, 0.4) is 0 Å². The Morgan fingerprint density at radius 1 is 1.16 bits per heavy atom. The third kappa shape index (κ3) is 4.15. The average molecular weight is 528 g/mol. The number of pyridine rings is 1. The van der Waals surface area contributed by atoms with Crippen LogP contribution in [0.2, 0.25) is 0 Å². The predicted octanol–water partition coefficient (Wildman–Crippen LogP) is 5.30. The Kier molecular flexibility index (Phi) is 5.27. The lowest BCUT2D eigenvalue weighted by molar-refractivity contribution is -0.137. The van der Waals surface area contributed by atoms with Gasteiger partial charge in [0.15, 0.2) is 0 Å². The lowest BCUT2D eigenvalue weighted by atomic mass is 9.99. The van der Waals surface area contributed by atoms with Crippen molar-refractivity contribution in [1.29, 1.82) is 0 Å². The number of nitrogens with zero attached hydrogens (tertiary/aromatic N) is 1. The van der Waals surface area contributed by atoms with Gasteiger partial charge in [-0.3, -0.25) is 4.79 Å². The number of aromatic nitrogens is 1. The molecule has 3 aliphatic rings. The molecule has 3 amide bonds. The summed E-state index contributed by atoms with van der Waals surface area (Å²) in [6.07, 6.45) is -1.79. The highest BCUT2D eigenvalue weighted by Gasteiger charge is 2.80. The molecule has 3 atom stereocenters. The van der Waals surface area contributed by atoms with Crippen LogP contribution >= 0.6 is 0 Å². The van der Waals surface area contributed by atoms with Gasteiger partial charge in [0, 0.05) is 29.7 Å². The molecular formula is C26H20F4N4O4. The first kappa shape index (κ1) is 24.0. The summed E-state index contributed by atoms with van der Waals surface area (Å²) in [6, 6.07) is 7.34. The normalized spacial score (nSPS) is 23.0. The van der Waals surface area contributed by atoms with E-state index in [1.54, 1.807) is 18.2 Å². The van der Waals surface area contributed by atoms with E-state index in [0.717, 1.165) is 5.56 Å². The molecule has 0 radical (unpaired) electrons. The zero-order chi connectivity index (χ0) is 26.8. The van der Waals surface area contributed by atoms with E-state index in [0.29, 0.717) is 60.3 Å². The molecule has 0 bridgehead atoms. The minimum absolute atomic E-state index is 0.00377. The molecule has 0 spiro atoms. The number of urea groups is 1. The van der Waals surface area contributed by atoms with E-state index in [9.17, 15) is 32.3 Å². The predicted molar refractivity (Wildman–Crippen MR) is 127 cm³/mol. The summed E-state index contributed by atoms with van der Waals surface area (Å²) in [5.74, 6) is 0.0448. The fourth-order valence-electron chi connectivity index (χ4n) is 5.11. The summed E-state index contributed by atoms with van der Waals surface area (Å²) in [6.45, 7) is 0. The number of phenolic OH excluding ortho intramolecular Hbond substituents is 1. The van der Waals surface area contributed by atoms with E-state index >= 15 is 0 Å². The fourth-order valence-corrected chi connectivity index (χ4v) is 5.11. The molecule has 8 nitrogen and oxygen atoms in total. The molecule has 0 unspecified atom stereocenters. The van der Waals surface area contributed by atoms with Crippen LogP contribution in [0.25, 0.3) is 0 Å². The van der Waals surface area contributed by atoms with Crippen molar-refractivity contribution in [2.45, 2.75) is 36.9 Å². The number of amides is 3. The fraction of sp³-hybridized carbons (Fsp3) is 0.269. The smallest absolute Gasteiger partial charge is 0.416 e. The number of phenols is 1. The van der Waals surface area contributed by atoms with E-state index in [4.69, 9.17) is 4.74 Å². The van der Waals surface area contributed by atoms with Crippen molar-refractivity contribution in [2.75, 3.05) is 10.6 Å². The number of halogens is 4. The number of hydrogen-bond donors (Lipinski definition) is 4. The first-order chi connectivity index (χ1) is 18.0. The maximum atomic E-state index is 14.0. The Balaban J connectivity index is 1.16. The maximum Gasteiger partial charge on any atom is 0.416 e. The number of rotatable bonds is 5. The van der Waals surface area contributed by atoms with Gasteiger partial charge in [0.2, 0.25) is 5.91 Å². The van der Waals surface area contributed by atoms with Crippen molar-refractivity contribution in [1.82, 2.24) is 10.3 Å². The minimum Gasteiger partial charge on any atom is -0.508 e. The van der Waals surface area contributed by atoms with Gasteiger partial charge in [0.1, 0.15) is 28.9 Å². The number of anilines is 2. The van der Waals surface area contributed by atoms with Gasteiger partial charge in [-0.15, -0.1) is 0 Å². The number of ether oxygens (including phenoxy) is 1. The summed E-state index contributed by atoms with van der Waals surface area (Å²) >= 11 is 0. The standard InChI is InChI=1S/C26H20F4N4O4/c27-17-4-1-12(26(28,29)30)9-18(17)32-24(37)34-25-11-16(25)22(25)15-10-13(2-5-19(15)35)38-20-7-8-31-23-14(20)3-6-21(36)33-23/h1-2,4-5,7-10,16,22,35H,3,6,11H2,(H,31,33,36)(H2,32,34,37)/t16-,22+,25-/m0/s1. The summed E-state index contributed by atoms with van der Waals surface area (Å²) in [7, 11) is 0. The summed E-state index contributed by atoms with van der Waals surface area (Å²) in [5.41, 5.74) is -1.05. The number of hydrogen-bond acceptors (Lipinski definition) is 5. The second-order valence-corrected chi connectivity index (χ2v) is 9.61. The van der Waals surface area contributed by atoms with Crippen molar-refractivity contribution in [3.05, 3.63) is 71.2 Å². The van der Waals surface area contributed by atoms with Crippen molar-refractivity contribution in [3.63, 3.8) is 0 Å². The Hall–Kier alpha value is -4.35. The lowest BCUT2D eigenvalue weighted by Gasteiger charge is -2.20. The molecule has 3 aromatic rings. The third-order valence-electron chi connectivity index (χ3n) is 7.23. The number of nitrogens with one attached hydrogen (secondary N) is 3. The lowest BCUT2D eigenvalue weighted by Crippen LogP contribution is -2.36. The molecule has 6 rings (SSSR count). The molecule has 2 saturated carbocycles. The van der Waals surface area contributed by atoms with Gasteiger partial charge in [-0.2, -0.15) is 13.2 Å². The second kappa shape index (κ2) is 8.33. The van der Waals surface area contributed by atoms with E-state index in [-0.39, 0.29) is 23.5 Å². The van der Waals surface area contributed by atoms with Crippen LogP contribution in [0.5, 0.6) is 17.2 Å². The van der Waals surface area contributed by atoms with Gasteiger partial charge in [-0.1, -0.05) is 0 Å². The van der Waals surface area contributed by atoms with Crippen LogP contribution in [0.4, 0.5) is 33.9 Å². The zero-order valence-corrected chi connectivity index (χ0v) is 19.5. The Labute approximate surface area is 213 Å². The SMILES string of the molecule is O=C1CCc2c(Oc3ccc(O)c([C@@H]4[C@@H]5C[C@@]45NC(=O)Nc4cc(C(F)(F)F)ccc4F)c3)ccnc2N1. The molecule has 12 heteroatoms. The molecule has 2 heterocycles. The Morgan fingerprint density at radius 2 is 1.97 bits per heavy atom. The van der Waals surface area contributed by atoms with Crippen LogP contribution in [0, 0.1) is 11.7 Å². The van der Waals surface area contributed by atoms with Crippen LogP contribution in [-0.4, -0.2) is 27.6 Å². The Morgan fingerprint density at radius 3 is 2.74 bits per heavy atom. The van der Waals surface area contributed by atoms with Crippen molar-refractivity contribution >= 4 is 23.4 Å². The molecule has 38 heavy (non-hydrogen) atoms. The molecule has 2 aliphatic carbocycles. The topological polar surface area (TPSA) is 113 Å². The Bertz CT molecular complexity index is 1490. The van der Waals surface area contributed by atoms with E-state index in [2.05, 4.69) is 20.9 Å². The van der Waals surface area contributed by atoms with Crippen molar-refractivity contribution in [3.8, 4) is 17.2 Å². The summed E-state index contributed by atoms with van der Waals surface area (Å²) in [4.78, 5) is 28.4. The molecular weight excluding hydrogens is 508 g/mol. The number of carbonyl (C=O) groups excluding carboxylic acids is 2. The average Bonchev–Trinajstić information content (AvgIpc) is 3.71. The van der Waals surface area contributed by atoms with Crippen LogP contribution < -0.4 is 20.7 Å². The molecule has 2 aromatic carbocycles. The van der Waals surface area contributed by atoms with Gasteiger partial charge in [-0.05, 0) is 61.2 Å².